The number of carbonyl (C=O) groups is 2. The Morgan fingerprint density at radius 2 is 1.88 bits per heavy atom. The van der Waals surface area contributed by atoms with E-state index in [1.807, 2.05) is 0 Å². The second-order valence-corrected chi connectivity index (χ2v) is 6.95. The monoisotopic (exact) mass is 365 g/mol. The van der Waals surface area contributed by atoms with Crippen molar-refractivity contribution in [3.8, 4) is 0 Å². The lowest BCUT2D eigenvalue weighted by Crippen LogP contribution is -2.50. The van der Waals surface area contributed by atoms with Crippen LogP contribution >= 0.6 is 0 Å². The first kappa shape index (κ1) is 20.5. The van der Waals surface area contributed by atoms with Crippen LogP contribution in [-0.4, -0.2) is 53.6 Å². The summed E-state index contributed by atoms with van der Waals surface area (Å²) in [7, 11) is 0. The molecule has 0 saturated carbocycles. The van der Waals surface area contributed by atoms with E-state index in [0.717, 1.165) is 6.54 Å². The highest BCUT2D eigenvalue weighted by Crippen LogP contribution is 2.30. The summed E-state index contributed by atoms with van der Waals surface area (Å²) < 4.78 is 17.9. The normalized spacial score (nSPS) is 18.3. The third-order valence-electron chi connectivity index (χ3n) is 5.21. The zero-order chi connectivity index (χ0) is 19.2. The largest absolute Gasteiger partial charge is 0.466 e. The number of hydrogen-bond acceptors (Lipinski definition) is 5. The maximum Gasteiger partial charge on any atom is 0.311 e. The predicted molar refractivity (Wildman–Crippen MR) is 96.4 cm³/mol. The van der Waals surface area contributed by atoms with Crippen LogP contribution in [0.5, 0.6) is 0 Å². The Morgan fingerprint density at radius 3 is 2.46 bits per heavy atom. The average Bonchev–Trinajstić information content (AvgIpc) is 2.63. The number of hydrogen-bond donors (Lipinski definition) is 1. The van der Waals surface area contributed by atoms with E-state index < -0.39 is 11.5 Å². The van der Waals surface area contributed by atoms with E-state index in [-0.39, 0.29) is 17.6 Å². The highest BCUT2D eigenvalue weighted by atomic mass is 19.1. The number of rotatable bonds is 8. The lowest BCUT2D eigenvalue weighted by Gasteiger charge is -2.40. The summed E-state index contributed by atoms with van der Waals surface area (Å²) in [5.41, 5.74) is -0.491. The fraction of sp³-hybridized carbons (Fsp3) is 0.600. The predicted octanol–water partition coefficient (Wildman–Crippen LogP) is 2.81. The van der Waals surface area contributed by atoms with Crippen molar-refractivity contribution in [3.63, 3.8) is 0 Å². The van der Waals surface area contributed by atoms with Gasteiger partial charge in [0.1, 0.15) is 5.82 Å². The number of likely N-dealkylation sites (tertiary alicyclic amines) is 1. The van der Waals surface area contributed by atoms with Gasteiger partial charge in [0, 0.05) is 25.1 Å². The first-order chi connectivity index (χ1) is 12.4. The number of aliphatic hydroxyl groups is 1. The molecule has 0 amide bonds. The molecular weight excluding hydrogens is 337 g/mol. The molecule has 1 aromatic carbocycles. The number of esters is 1. The number of Topliss-reactive ketones (excluding diaryl/α,β-unsaturated/α-hetero) is 1. The van der Waals surface area contributed by atoms with E-state index in [9.17, 15) is 19.1 Å². The number of benzene rings is 1. The molecule has 0 spiro atoms. The van der Waals surface area contributed by atoms with Crippen LogP contribution in [0, 0.1) is 11.7 Å². The molecule has 1 aromatic rings. The number of halogens is 1. The molecule has 1 heterocycles. The molecule has 0 aromatic heterocycles. The molecule has 0 radical (unpaired) electrons. The number of carbonyl (C=O) groups excluding carboxylic acids is 2. The van der Waals surface area contributed by atoms with E-state index >= 15 is 0 Å². The second kappa shape index (κ2) is 9.24. The second-order valence-electron chi connectivity index (χ2n) is 6.95. The minimum Gasteiger partial charge on any atom is -0.466 e. The molecule has 26 heavy (non-hydrogen) atoms. The van der Waals surface area contributed by atoms with Gasteiger partial charge < -0.3 is 14.7 Å². The van der Waals surface area contributed by atoms with Crippen molar-refractivity contribution < 1.29 is 23.8 Å². The molecule has 6 heteroatoms. The van der Waals surface area contributed by atoms with Crippen molar-refractivity contribution in [2.75, 3.05) is 26.2 Å². The highest BCUT2D eigenvalue weighted by molar-refractivity contribution is 5.95. The number of nitrogens with zero attached hydrogens (tertiary/aromatic N) is 1. The van der Waals surface area contributed by atoms with E-state index in [0.29, 0.717) is 50.9 Å². The molecule has 144 valence electrons. The third kappa shape index (κ3) is 5.35. The molecule has 1 saturated heterocycles. The quantitative estimate of drug-likeness (QED) is 0.567. The summed E-state index contributed by atoms with van der Waals surface area (Å²) in [4.78, 5) is 26.2. The van der Waals surface area contributed by atoms with Crippen molar-refractivity contribution >= 4 is 11.8 Å². The van der Waals surface area contributed by atoms with Gasteiger partial charge in [-0.05, 0) is 63.9 Å². The average molecular weight is 365 g/mol. The molecule has 2 rings (SSSR count). The van der Waals surface area contributed by atoms with Crippen molar-refractivity contribution in [1.29, 1.82) is 0 Å². The lowest BCUT2D eigenvalue weighted by atomic mass is 9.80. The van der Waals surface area contributed by atoms with E-state index in [4.69, 9.17) is 4.74 Å². The Kier molecular flexibility index (Phi) is 7.29. The standard InChI is InChI=1S/C20H28FNO4/c1-3-26-19(24)15(2)20(25)10-13-22(14-11-20)12-4-5-18(23)16-6-8-17(21)9-7-16/h6-9,15,25H,3-5,10-14H2,1-2H3. The maximum absolute atomic E-state index is 12.9. The minimum absolute atomic E-state index is 0.00875. The van der Waals surface area contributed by atoms with Gasteiger partial charge in [0.25, 0.3) is 0 Å². The number of ether oxygens (including phenoxy) is 1. The Hall–Kier alpha value is -1.79. The van der Waals surface area contributed by atoms with E-state index in [1.165, 1.54) is 24.3 Å². The molecule has 0 bridgehead atoms. The molecule has 5 nitrogen and oxygen atoms in total. The molecule has 0 aliphatic carbocycles. The molecule has 1 unspecified atom stereocenters. The van der Waals surface area contributed by atoms with Crippen LogP contribution in [0.3, 0.4) is 0 Å². The van der Waals surface area contributed by atoms with Crippen LogP contribution < -0.4 is 0 Å². The maximum atomic E-state index is 12.9. The number of ketones is 1. The van der Waals surface area contributed by atoms with E-state index in [2.05, 4.69) is 4.90 Å². The first-order valence-electron chi connectivity index (χ1n) is 9.26. The van der Waals surface area contributed by atoms with Crippen LogP contribution in [0.1, 0.15) is 49.9 Å². The molecule has 1 aliphatic heterocycles. The van der Waals surface area contributed by atoms with Gasteiger partial charge in [0.15, 0.2) is 5.78 Å². The van der Waals surface area contributed by atoms with Gasteiger partial charge >= 0.3 is 5.97 Å². The Balaban J connectivity index is 1.74. The van der Waals surface area contributed by atoms with Gasteiger partial charge in [-0.25, -0.2) is 4.39 Å². The Bertz CT molecular complexity index is 609. The van der Waals surface area contributed by atoms with Crippen molar-refractivity contribution in [1.82, 2.24) is 4.90 Å². The van der Waals surface area contributed by atoms with Crippen LogP contribution in [0.4, 0.5) is 4.39 Å². The zero-order valence-corrected chi connectivity index (χ0v) is 15.5. The third-order valence-corrected chi connectivity index (χ3v) is 5.21. The zero-order valence-electron chi connectivity index (χ0n) is 15.5. The molecule has 1 atom stereocenters. The fourth-order valence-corrected chi connectivity index (χ4v) is 3.33. The minimum atomic E-state index is -1.02. The molecule has 1 N–H and O–H groups in total. The summed E-state index contributed by atoms with van der Waals surface area (Å²) in [6.07, 6.45) is 2.14. The van der Waals surface area contributed by atoms with Gasteiger partial charge in [-0.15, -0.1) is 0 Å². The van der Waals surface area contributed by atoms with Gasteiger partial charge in [-0.2, -0.15) is 0 Å². The van der Waals surface area contributed by atoms with E-state index in [1.54, 1.807) is 13.8 Å². The summed E-state index contributed by atoms with van der Waals surface area (Å²) in [6.45, 7) is 5.92. The van der Waals surface area contributed by atoms with Gasteiger partial charge in [0.05, 0.1) is 18.1 Å². The van der Waals surface area contributed by atoms with Crippen molar-refractivity contribution in [2.24, 2.45) is 5.92 Å². The SMILES string of the molecule is CCOC(=O)C(C)C1(O)CCN(CCCC(=O)c2ccc(F)cc2)CC1. The van der Waals surface area contributed by atoms with Crippen LogP contribution in [-0.2, 0) is 9.53 Å². The smallest absolute Gasteiger partial charge is 0.311 e. The van der Waals surface area contributed by atoms with Gasteiger partial charge in [-0.3, -0.25) is 9.59 Å². The first-order valence-corrected chi connectivity index (χ1v) is 9.26. The summed E-state index contributed by atoms with van der Waals surface area (Å²) in [6, 6.07) is 5.61. The molecular formula is C20H28FNO4. The number of piperidine rings is 1. The topological polar surface area (TPSA) is 66.8 Å². The Labute approximate surface area is 154 Å². The summed E-state index contributed by atoms with van der Waals surface area (Å²) >= 11 is 0. The van der Waals surface area contributed by atoms with Crippen LogP contribution in [0.2, 0.25) is 0 Å². The lowest BCUT2D eigenvalue weighted by molar-refractivity contribution is -0.160. The highest BCUT2D eigenvalue weighted by Gasteiger charge is 2.41. The molecule has 1 aliphatic rings. The summed E-state index contributed by atoms with van der Waals surface area (Å²) in [5.74, 6) is -1.23. The van der Waals surface area contributed by atoms with Gasteiger partial charge in [0.2, 0.25) is 0 Å². The Morgan fingerprint density at radius 1 is 1.27 bits per heavy atom. The van der Waals surface area contributed by atoms with Crippen molar-refractivity contribution in [2.45, 2.75) is 45.1 Å². The van der Waals surface area contributed by atoms with Crippen LogP contribution in [0.15, 0.2) is 24.3 Å². The molecule has 1 fully saturated rings. The van der Waals surface area contributed by atoms with Crippen molar-refractivity contribution in [3.05, 3.63) is 35.6 Å². The summed E-state index contributed by atoms with van der Waals surface area (Å²) in [5, 5.41) is 10.7. The fourth-order valence-electron chi connectivity index (χ4n) is 3.33. The van der Waals surface area contributed by atoms with Gasteiger partial charge in [-0.1, -0.05) is 0 Å². The van der Waals surface area contributed by atoms with Crippen LogP contribution in [0.25, 0.3) is 0 Å².